The van der Waals surface area contributed by atoms with Crippen molar-refractivity contribution in [2.24, 2.45) is 4.99 Å². The second-order valence-corrected chi connectivity index (χ2v) is 7.19. The Morgan fingerprint density at radius 2 is 1.96 bits per heavy atom. The van der Waals surface area contributed by atoms with Crippen LogP contribution in [0.5, 0.6) is 5.75 Å². The second-order valence-electron chi connectivity index (χ2n) is 5.99. The van der Waals surface area contributed by atoms with Crippen molar-refractivity contribution in [1.29, 1.82) is 0 Å². The van der Waals surface area contributed by atoms with Crippen molar-refractivity contribution < 1.29 is 4.74 Å². The Labute approximate surface area is 177 Å². The molecule has 5 nitrogen and oxygen atoms in total. The molecule has 0 bridgehead atoms. The van der Waals surface area contributed by atoms with E-state index in [1.807, 2.05) is 32.2 Å². The summed E-state index contributed by atoms with van der Waals surface area (Å²) in [6, 6.07) is 8.14. The van der Waals surface area contributed by atoms with E-state index < -0.39 is 0 Å². The largest absolute Gasteiger partial charge is 0.491 e. The molecule has 1 aromatic carbocycles. The van der Waals surface area contributed by atoms with Gasteiger partial charge in [-0.2, -0.15) is 0 Å². The molecule has 0 atom stereocenters. The van der Waals surface area contributed by atoms with E-state index in [0.717, 1.165) is 37.6 Å². The van der Waals surface area contributed by atoms with E-state index >= 15 is 0 Å². The molecule has 0 fully saturated rings. The minimum absolute atomic E-state index is 0. The van der Waals surface area contributed by atoms with E-state index in [1.165, 1.54) is 15.4 Å². The van der Waals surface area contributed by atoms with Crippen molar-refractivity contribution in [3.05, 3.63) is 45.9 Å². The average molecular weight is 488 g/mol. The van der Waals surface area contributed by atoms with Crippen molar-refractivity contribution >= 4 is 41.3 Å². The number of halogens is 1. The molecule has 0 aliphatic rings. The van der Waals surface area contributed by atoms with Crippen LogP contribution in [0.3, 0.4) is 0 Å². The van der Waals surface area contributed by atoms with Crippen LogP contribution in [-0.4, -0.2) is 30.6 Å². The molecule has 0 aliphatic carbocycles. The maximum absolute atomic E-state index is 5.66. The van der Waals surface area contributed by atoms with Gasteiger partial charge in [0.15, 0.2) is 5.96 Å². The van der Waals surface area contributed by atoms with Crippen LogP contribution in [0.4, 0.5) is 0 Å². The van der Waals surface area contributed by atoms with Crippen molar-refractivity contribution in [1.82, 2.24) is 15.6 Å². The van der Waals surface area contributed by atoms with Gasteiger partial charge in [0.05, 0.1) is 11.1 Å². The summed E-state index contributed by atoms with van der Waals surface area (Å²) < 4.78 is 5.66. The third-order valence-electron chi connectivity index (χ3n) is 3.56. The number of guanidine groups is 1. The van der Waals surface area contributed by atoms with Gasteiger partial charge >= 0.3 is 0 Å². The smallest absolute Gasteiger partial charge is 0.191 e. The average Bonchev–Trinajstić information content (AvgIpc) is 3.06. The molecule has 144 valence electrons. The predicted octanol–water partition coefficient (Wildman–Crippen LogP) is 4.02. The van der Waals surface area contributed by atoms with Crippen molar-refractivity contribution in [2.75, 3.05) is 13.6 Å². The van der Waals surface area contributed by atoms with Gasteiger partial charge in [0.1, 0.15) is 5.75 Å². The molecule has 0 spiro atoms. The molecule has 1 heterocycles. The SMILES string of the molecule is CCc1cnc(CCNC(=NC)NCc2ccc(OC(C)C)cc2)s1.I. The quantitative estimate of drug-likeness (QED) is 0.335. The highest BCUT2D eigenvalue weighted by atomic mass is 127. The Kier molecular flexibility index (Phi) is 10.6. The minimum Gasteiger partial charge on any atom is -0.491 e. The summed E-state index contributed by atoms with van der Waals surface area (Å²) in [6.45, 7) is 7.75. The molecule has 26 heavy (non-hydrogen) atoms. The molecule has 2 rings (SSSR count). The summed E-state index contributed by atoms with van der Waals surface area (Å²) in [4.78, 5) is 10.0. The number of hydrogen-bond acceptors (Lipinski definition) is 4. The zero-order valence-electron chi connectivity index (χ0n) is 15.9. The number of rotatable bonds is 8. The van der Waals surface area contributed by atoms with Crippen LogP contribution in [0.2, 0.25) is 0 Å². The molecule has 0 saturated heterocycles. The van der Waals surface area contributed by atoms with Gasteiger partial charge in [0.2, 0.25) is 0 Å². The number of nitrogens with one attached hydrogen (secondary N) is 2. The summed E-state index contributed by atoms with van der Waals surface area (Å²) >= 11 is 1.78. The standard InChI is InChI=1S/C19H28N4OS.HI/c1-5-17-13-22-18(25-17)10-11-21-19(20-4)23-12-15-6-8-16(9-7-15)24-14(2)3;/h6-9,13-14H,5,10-12H2,1-4H3,(H2,20,21,23);1H. The zero-order chi connectivity index (χ0) is 18.1. The van der Waals surface area contributed by atoms with E-state index in [0.29, 0.717) is 0 Å². The third-order valence-corrected chi connectivity index (χ3v) is 4.76. The number of aromatic nitrogens is 1. The first kappa shape index (κ1) is 22.7. The summed E-state index contributed by atoms with van der Waals surface area (Å²) in [7, 11) is 1.79. The fourth-order valence-electron chi connectivity index (χ4n) is 2.28. The first-order chi connectivity index (χ1) is 12.1. The van der Waals surface area contributed by atoms with Crippen molar-refractivity contribution in [2.45, 2.75) is 46.3 Å². The van der Waals surface area contributed by atoms with Crippen LogP contribution in [0.15, 0.2) is 35.5 Å². The third kappa shape index (κ3) is 7.90. The van der Waals surface area contributed by atoms with Gasteiger partial charge in [0.25, 0.3) is 0 Å². The number of ether oxygens (including phenoxy) is 1. The molecule has 2 N–H and O–H groups in total. The fourth-order valence-corrected chi connectivity index (χ4v) is 3.14. The van der Waals surface area contributed by atoms with E-state index in [9.17, 15) is 0 Å². The van der Waals surface area contributed by atoms with Crippen molar-refractivity contribution in [3.8, 4) is 5.75 Å². The molecular weight excluding hydrogens is 459 g/mol. The Hall–Kier alpha value is -1.35. The van der Waals surface area contributed by atoms with Crippen LogP contribution >= 0.6 is 35.3 Å². The van der Waals surface area contributed by atoms with Gasteiger partial charge in [-0.1, -0.05) is 19.1 Å². The van der Waals surface area contributed by atoms with Gasteiger partial charge in [-0.05, 0) is 38.0 Å². The van der Waals surface area contributed by atoms with Crippen molar-refractivity contribution in [3.63, 3.8) is 0 Å². The summed E-state index contributed by atoms with van der Waals surface area (Å²) in [5.41, 5.74) is 1.19. The maximum atomic E-state index is 5.66. The zero-order valence-corrected chi connectivity index (χ0v) is 19.1. The topological polar surface area (TPSA) is 58.5 Å². The normalized spacial score (nSPS) is 11.2. The number of nitrogens with zero attached hydrogens (tertiary/aromatic N) is 2. The minimum atomic E-state index is 0. The lowest BCUT2D eigenvalue weighted by molar-refractivity contribution is 0.242. The molecule has 0 unspecified atom stereocenters. The van der Waals surface area contributed by atoms with Gasteiger partial charge in [0, 0.05) is 37.6 Å². The Bertz CT molecular complexity index is 670. The lowest BCUT2D eigenvalue weighted by Crippen LogP contribution is -2.37. The van der Waals surface area contributed by atoms with E-state index in [-0.39, 0.29) is 30.1 Å². The maximum Gasteiger partial charge on any atom is 0.191 e. The predicted molar refractivity (Wildman–Crippen MR) is 121 cm³/mol. The molecule has 7 heteroatoms. The molecule has 1 aromatic heterocycles. The van der Waals surface area contributed by atoms with Crippen LogP contribution in [-0.2, 0) is 19.4 Å². The molecular formula is C19H29IN4OS. The van der Waals surface area contributed by atoms with Crippen LogP contribution in [0.1, 0.15) is 36.2 Å². The number of aryl methyl sites for hydroxylation is 1. The lowest BCUT2D eigenvalue weighted by Gasteiger charge is -2.13. The fraction of sp³-hybridized carbons (Fsp3) is 0.474. The Balaban J connectivity index is 0.00000338. The monoisotopic (exact) mass is 488 g/mol. The van der Waals surface area contributed by atoms with Gasteiger partial charge in [-0.25, -0.2) is 4.98 Å². The molecule has 0 radical (unpaired) electrons. The van der Waals surface area contributed by atoms with E-state index in [2.05, 4.69) is 39.7 Å². The molecule has 2 aromatic rings. The number of aliphatic imine (C=N–C) groups is 1. The summed E-state index contributed by atoms with van der Waals surface area (Å²) in [5, 5.41) is 7.83. The molecule has 0 saturated carbocycles. The Morgan fingerprint density at radius 3 is 2.54 bits per heavy atom. The molecule has 0 aliphatic heterocycles. The molecule has 0 amide bonds. The number of benzene rings is 1. The summed E-state index contributed by atoms with van der Waals surface area (Å²) in [6.07, 6.45) is 4.13. The van der Waals surface area contributed by atoms with E-state index in [4.69, 9.17) is 4.74 Å². The van der Waals surface area contributed by atoms with E-state index in [1.54, 1.807) is 18.4 Å². The van der Waals surface area contributed by atoms with Crippen LogP contribution in [0.25, 0.3) is 0 Å². The first-order valence-electron chi connectivity index (χ1n) is 8.74. The highest BCUT2D eigenvalue weighted by Crippen LogP contribution is 2.14. The number of thiazole rings is 1. The van der Waals surface area contributed by atoms with Gasteiger partial charge < -0.3 is 15.4 Å². The lowest BCUT2D eigenvalue weighted by atomic mass is 10.2. The first-order valence-corrected chi connectivity index (χ1v) is 9.56. The van der Waals surface area contributed by atoms with Crippen LogP contribution < -0.4 is 15.4 Å². The Morgan fingerprint density at radius 1 is 1.23 bits per heavy atom. The summed E-state index contributed by atoms with van der Waals surface area (Å²) in [5.74, 6) is 1.70. The highest BCUT2D eigenvalue weighted by molar-refractivity contribution is 14.0. The number of hydrogen-bond donors (Lipinski definition) is 2. The highest BCUT2D eigenvalue weighted by Gasteiger charge is 2.03. The van der Waals surface area contributed by atoms with Gasteiger partial charge in [-0.15, -0.1) is 35.3 Å². The second kappa shape index (κ2) is 12.1. The van der Waals surface area contributed by atoms with Crippen LogP contribution in [0, 0.1) is 0 Å². The van der Waals surface area contributed by atoms with Gasteiger partial charge in [-0.3, -0.25) is 4.99 Å².